The Bertz CT molecular complexity index is 455. The molecule has 0 amide bonds. The van der Waals surface area contributed by atoms with Gasteiger partial charge >= 0.3 is 0 Å². The molecule has 0 N–H and O–H groups in total. The lowest BCUT2D eigenvalue weighted by atomic mass is 10.1. The highest BCUT2D eigenvalue weighted by atomic mass is 14.6. The van der Waals surface area contributed by atoms with Crippen molar-refractivity contribution in [1.82, 2.24) is 4.98 Å². The Labute approximate surface area is 70.1 Å². The van der Waals surface area contributed by atoms with Gasteiger partial charge in [0.2, 0.25) is 0 Å². The standard InChI is InChI=1S/C10H5N2/c11-7-8-3-4-10-9(6-8)2-1-5-12-10/h1,3-6H. The summed E-state index contributed by atoms with van der Waals surface area (Å²) in [7, 11) is 0. The van der Waals surface area contributed by atoms with Gasteiger partial charge in [0.15, 0.2) is 0 Å². The van der Waals surface area contributed by atoms with Crippen molar-refractivity contribution in [3.05, 3.63) is 42.1 Å². The molecular weight excluding hydrogens is 148 g/mol. The van der Waals surface area contributed by atoms with E-state index in [0.717, 1.165) is 10.9 Å². The molecule has 2 heteroatoms. The zero-order chi connectivity index (χ0) is 8.39. The van der Waals surface area contributed by atoms with E-state index in [2.05, 4.69) is 17.1 Å². The van der Waals surface area contributed by atoms with Crippen LogP contribution in [0.3, 0.4) is 0 Å². The van der Waals surface area contributed by atoms with Crippen molar-refractivity contribution in [1.29, 1.82) is 5.26 Å². The van der Waals surface area contributed by atoms with Crippen molar-refractivity contribution in [2.45, 2.75) is 0 Å². The lowest BCUT2D eigenvalue weighted by Crippen LogP contribution is -1.79. The van der Waals surface area contributed by atoms with Crippen LogP contribution in [0.25, 0.3) is 10.9 Å². The van der Waals surface area contributed by atoms with Gasteiger partial charge in [0, 0.05) is 11.6 Å². The molecule has 12 heavy (non-hydrogen) atoms. The van der Waals surface area contributed by atoms with Gasteiger partial charge in [0.05, 0.1) is 17.1 Å². The van der Waals surface area contributed by atoms with Gasteiger partial charge in [0.1, 0.15) is 0 Å². The number of fused-ring (bicyclic) bond motifs is 1. The second-order valence-corrected chi connectivity index (χ2v) is 2.43. The van der Waals surface area contributed by atoms with Gasteiger partial charge in [-0.2, -0.15) is 5.26 Å². The third kappa shape index (κ3) is 1.02. The van der Waals surface area contributed by atoms with Gasteiger partial charge in [-0.1, -0.05) is 0 Å². The Kier molecular flexibility index (Phi) is 1.49. The van der Waals surface area contributed by atoms with Crippen LogP contribution in [0.15, 0.2) is 30.5 Å². The minimum Gasteiger partial charge on any atom is -0.256 e. The van der Waals surface area contributed by atoms with Crippen LogP contribution in [-0.4, -0.2) is 4.98 Å². The molecule has 1 radical (unpaired) electrons. The summed E-state index contributed by atoms with van der Waals surface area (Å²) in [5.41, 5.74) is 1.52. The van der Waals surface area contributed by atoms with Gasteiger partial charge in [-0.25, -0.2) is 0 Å². The first-order valence-corrected chi connectivity index (χ1v) is 3.57. The summed E-state index contributed by atoms with van der Waals surface area (Å²) < 4.78 is 0. The summed E-state index contributed by atoms with van der Waals surface area (Å²) in [6, 6.07) is 12.2. The molecule has 0 bridgehead atoms. The van der Waals surface area contributed by atoms with Crippen LogP contribution in [0.1, 0.15) is 5.56 Å². The first-order valence-electron chi connectivity index (χ1n) is 3.57. The lowest BCUT2D eigenvalue weighted by molar-refractivity contribution is 1.40. The average molecular weight is 153 g/mol. The van der Waals surface area contributed by atoms with Gasteiger partial charge in [-0.3, -0.25) is 4.98 Å². The molecule has 1 aromatic heterocycles. The van der Waals surface area contributed by atoms with Crippen LogP contribution in [0.5, 0.6) is 0 Å². The van der Waals surface area contributed by atoms with Crippen molar-refractivity contribution in [3.8, 4) is 6.07 Å². The number of nitriles is 1. The topological polar surface area (TPSA) is 36.7 Å². The largest absolute Gasteiger partial charge is 0.256 e. The molecule has 0 atom stereocenters. The van der Waals surface area contributed by atoms with Gasteiger partial charge in [0.25, 0.3) is 0 Å². The average Bonchev–Trinajstić information content (AvgIpc) is 2.17. The fourth-order valence-electron chi connectivity index (χ4n) is 1.08. The number of hydrogen-bond donors (Lipinski definition) is 0. The van der Waals surface area contributed by atoms with Gasteiger partial charge in [-0.15, -0.1) is 0 Å². The number of nitrogens with zero attached hydrogens (tertiary/aromatic N) is 2. The van der Waals surface area contributed by atoms with Crippen molar-refractivity contribution in [3.63, 3.8) is 0 Å². The lowest BCUT2D eigenvalue weighted by Gasteiger charge is -1.94. The summed E-state index contributed by atoms with van der Waals surface area (Å²) in [5, 5.41) is 9.50. The smallest absolute Gasteiger partial charge is 0.0991 e. The molecule has 0 spiro atoms. The molecule has 0 aliphatic heterocycles. The summed E-state index contributed by atoms with van der Waals surface area (Å²) in [6.07, 6.45) is 1.69. The van der Waals surface area contributed by atoms with E-state index >= 15 is 0 Å². The van der Waals surface area contributed by atoms with E-state index < -0.39 is 0 Å². The minimum absolute atomic E-state index is 0.645. The van der Waals surface area contributed by atoms with Gasteiger partial charge < -0.3 is 0 Å². The highest BCUT2D eigenvalue weighted by Crippen LogP contribution is 2.11. The maximum absolute atomic E-state index is 8.61. The first-order chi connectivity index (χ1) is 5.90. The molecule has 1 heterocycles. The summed E-state index contributed by atoms with van der Waals surface area (Å²) >= 11 is 0. The van der Waals surface area contributed by atoms with E-state index in [0.29, 0.717) is 5.56 Å². The number of benzene rings is 1. The van der Waals surface area contributed by atoms with Crippen molar-refractivity contribution in [2.75, 3.05) is 0 Å². The zero-order valence-electron chi connectivity index (χ0n) is 6.28. The van der Waals surface area contributed by atoms with Crippen LogP contribution >= 0.6 is 0 Å². The maximum Gasteiger partial charge on any atom is 0.0991 e. The molecule has 2 rings (SSSR count). The first kappa shape index (κ1) is 6.81. The van der Waals surface area contributed by atoms with E-state index in [-0.39, 0.29) is 0 Å². The van der Waals surface area contributed by atoms with Crippen LogP contribution in [0.2, 0.25) is 0 Å². The molecule has 0 fully saturated rings. The number of aromatic nitrogens is 1. The number of rotatable bonds is 0. The van der Waals surface area contributed by atoms with E-state index in [4.69, 9.17) is 5.26 Å². The fraction of sp³-hybridized carbons (Fsp3) is 0. The number of pyridine rings is 1. The molecule has 1 aromatic carbocycles. The molecule has 0 saturated carbocycles. The van der Waals surface area contributed by atoms with Crippen LogP contribution < -0.4 is 0 Å². The fourth-order valence-corrected chi connectivity index (χ4v) is 1.08. The summed E-state index contributed by atoms with van der Waals surface area (Å²) in [4.78, 5) is 4.12. The third-order valence-corrected chi connectivity index (χ3v) is 1.65. The minimum atomic E-state index is 0.645. The second-order valence-electron chi connectivity index (χ2n) is 2.43. The quantitative estimate of drug-likeness (QED) is 0.579. The van der Waals surface area contributed by atoms with Gasteiger partial charge in [-0.05, 0) is 30.3 Å². The molecule has 2 aromatic rings. The van der Waals surface area contributed by atoms with E-state index in [9.17, 15) is 0 Å². The molecular formula is C10H5N2. The zero-order valence-corrected chi connectivity index (χ0v) is 6.28. The second kappa shape index (κ2) is 2.63. The Morgan fingerprint density at radius 2 is 2.33 bits per heavy atom. The third-order valence-electron chi connectivity index (χ3n) is 1.65. The monoisotopic (exact) mass is 153 g/mol. The SMILES string of the molecule is N#Cc1ccc2ncc[c]c2c1. The summed E-state index contributed by atoms with van der Waals surface area (Å²) in [6.45, 7) is 0. The van der Waals surface area contributed by atoms with Crippen molar-refractivity contribution < 1.29 is 0 Å². The molecule has 55 valence electrons. The van der Waals surface area contributed by atoms with Crippen LogP contribution in [0, 0.1) is 17.4 Å². The molecule has 0 unspecified atom stereocenters. The van der Waals surface area contributed by atoms with Crippen LogP contribution in [-0.2, 0) is 0 Å². The Hall–Kier alpha value is -1.88. The highest BCUT2D eigenvalue weighted by molar-refractivity contribution is 5.79. The van der Waals surface area contributed by atoms with Crippen molar-refractivity contribution >= 4 is 10.9 Å². The van der Waals surface area contributed by atoms with Crippen molar-refractivity contribution in [2.24, 2.45) is 0 Å². The predicted molar refractivity (Wildman–Crippen MR) is 45.3 cm³/mol. The molecule has 0 aliphatic carbocycles. The Morgan fingerprint density at radius 1 is 1.42 bits per heavy atom. The van der Waals surface area contributed by atoms with E-state index in [1.807, 2.05) is 6.07 Å². The molecule has 0 saturated heterocycles. The Morgan fingerprint density at radius 3 is 3.17 bits per heavy atom. The van der Waals surface area contributed by atoms with E-state index in [1.165, 1.54) is 0 Å². The molecule has 0 aliphatic rings. The molecule has 2 nitrogen and oxygen atoms in total. The highest BCUT2D eigenvalue weighted by Gasteiger charge is 1.94. The van der Waals surface area contributed by atoms with Crippen LogP contribution in [0.4, 0.5) is 0 Å². The maximum atomic E-state index is 8.61. The number of hydrogen-bond acceptors (Lipinski definition) is 2. The summed E-state index contributed by atoms with van der Waals surface area (Å²) in [5.74, 6) is 0. The normalized spacial score (nSPS) is 9.58. The predicted octanol–water partition coefficient (Wildman–Crippen LogP) is 1.91. The Balaban J connectivity index is 2.78. The van der Waals surface area contributed by atoms with E-state index in [1.54, 1.807) is 24.4 Å².